The molecule has 0 amide bonds. The second-order valence-corrected chi connectivity index (χ2v) is 7.18. The van der Waals surface area contributed by atoms with Crippen LogP contribution in [-0.2, 0) is 0 Å². The first kappa shape index (κ1) is 18.0. The molecule has 126 valence electrons. The topological polar surface area (TPSA) is 0 Å². The first-order chi connectivity index (χ1) is 11.2. The van der Waals surface area contributed by atoms with Gasteiger partial charge in [0.2, 0.25) is 0 Å². The van der Waals surface area contributed by atoms with Crippen LogP contribution in [0.2, 0.25) is 0 Å². The summed E-state index contributed by atoms with van der Waals surface area (Å²) in [6.07, 6.45) is 11.0. The molecule has 0 nitrogen and oxygen atoms in total. The Morgan fingerprint density at radius 2 is 1.57 bits per heavy atom. The van der Waals surface area contributed by atoms with E-state index in [0.717, 1.165) is 0 Å². The number of benzene rings is 2. The lowest BCUT2D eigenvalue weighted by atomic mass is 9.84. The molecule has 1 atom stereocenters. The molecule has 0 saturated carbocycles. The van der Waals surface area contributed by atoms with E-state index in [-0.39, 0.29) is 0 Å². The van der Waals surface area contributed by atoms with Crippen LogP contribution in [0.4, 0.5) is 0 Å². The third-order valence-electron chi connectivity index (χ3n) is 5.24. The van der Waals surface area contributed by atoms with E-state index in [1.165, 1.54) is 73.3 Å². The molecule has 2 aromatic rings. The van der Waals surface area contributed by atoms with Crippen molar-refractivity contribution in [3.05, 3.63) is 47.0 Å². The van der Waals surface area contributed by atoms with E-state index in [1.807, 2.05) is 0 Å². The molecular formula is C23H34. The van der Waals surface area contributed by atoms with Gasteiger partial charge >= 0.3 is 0 Å². The molecule has 0 heteroatoms. The summed E-state index contributed by atoms with van der Waals surface area (Å²) in [7, 11) is 0. The summed E-state index contributed by atoms with van der Waals surface area (Å²) < 4.78 is 0. The number of fused-ring (bicyclic) bond motifs is 1. The van der Waals surface area contributed by atoms with Crippen LogP contribution >= 0.6 is 0 Å². The molecule has 0 radical (unpaired) electrons. The monoisotopic (exact) mass is 310 g/mol. The Balaban J connectivity index is 2.11. The van der Waals surface area contributed by atoms with Gasteiger partial charge in [0.15, 0.2) is 0 Å². The van der Waals surface area contributed by atoms with Crippen molar-refractivity contribution < 1.29 is 0 Å². The van der Waals surface area contributed by atoms with Gasteiger partial charge in [0, 0.05) is 0 Å². The minimum atomic E-state index is 0.715. The van der Waals surface area contributed by atoms with E-state index in [1.54, 1.807) is 5.56 Å². The molecule has 0 heterocycles. The van der Waals surface area contributed by atoms with Gasteiger partial charge in [-0.3, -0.25) is 0 Å². The Labute approximate surface area is 143 Å². The van der Waals surface area contributed by atoms with Crippen molar-refractivity contribution in [2.45, 2.75) is 85.0 Å². The molecular weight excluding hydrogens is 276 g/mol. The lowest BCUT2D eigenvalue weighted by Crippen LogP contribution is -2.02. The lowest BCUT2D eigenvalue weighted by Gasteiger charge is -2.20. The number of hydrogen-bond donors (Lipinski definition) is 0. The van der Waals surface area contributed by atoms with Crippen LogP contribution in [0.25, 0.3) is 10.8 Å². The van der Waals surface area contributed by atoms with Crippen LogP contribution in [-0.4, -0.2) is 0 Å². The highest BCUT2D eigenvalue weighted by atomic mass is 14.2. The van der Waals surface area contributed by atoms with Gasteiger partial charge in [0.1, 0.15) is 0 Å². The highest BCUT2D eigenvalue weighted by Gasteiger charge is 2.15. The third kappa shape index (κ3) is 4.83. The highest BCUT2D eigenvalue weighted by Crippen LogP contribution is 2.34. The Morgan fingerprint density at radius 3 is 2.30 bits per heavy atom. The molecule has 0 fully saturated rings. The predicted octanol–water partition coefficient (Wildman–Crippen LogP) is 7.70. The van der Waals surface area contributed by atoms with E-state index in [0.29, 0.717) is 5.92 Å². The van der Waals surface area contributed by atoms with Crippen LogP contribution < -0.4 is 0 Å². The molecule has 0 aliphatic heterocycles. The molecule has 0 spiro atoms. The first-order valence-electron chi connectivity index (χ1n) is 9.67. The van der Waals surface area contributed by atoms with Gasteiger partial charge in [-0.25, -0.2) is 0 Å². The molecule has 1 unspecified atom stereocenters. The number of rotatable bonds is 9. The van der Waals surface area contributed by atoms with Crippen molar-refractivity contribution in [3.63, 3.8) is 0 Å². The fraction of sp³-hybridized carbons (Fsp3) is 0.565. The Kier molecular flexibility index (Phi) is 7.15. The summed E-state index contributed by atoms with van der Waals surface area (Å²) in [4.78, 5) is 0. The van der Waals surface area contributed by atoms with E-state index in [4.69, 9.17) is 0 Å². The maximum Gasteiger partial charge on any atom is -0.0146 e. The smallest absolute Gasteiger partial charge is 0.0146 e. The molecule has 0 saturated heterocycles. The van der Waals surface area contributed by atoms with Crippen LogP contribution in [0.3, 0.4) is 0 Å². The number of unbranched alkanes of at least 4 members (excludes halogenated alkanes) is 5. The molecule has 0 aliphatic rings. The Bertz CT molecular complexity index is 609. The van der Waals surface area contributed by atoms with Crippen molar-refractivity contribution in [1.29, 1.82) is 0 Å². The minimum absolute atomic E-state index is 0.715. The van der Waals surface area contributed by atoms with Crippen molar-refractivity contribution in [3.8, 4) is 0 Å². The van der Waals surface area contributed by atoms with Crippen molar-refractivity contribution in [2.75, 3.05) is 0 Å². The maximum absolute atomic E-state index is 2.36. The van der Waals surface area contributed by atoms with Crippen LogP contribution in [0.15, 0.2) is 30.3 Å². The summed E-state index contributed by atoms with van der Waals surface area (Å²) in [6, 6.07) is 11.6. The summed E-state index contributed by atoms with van der Waals surface area (Å²) in [6.45, 7) is 9.12. The van der Waals surface area contributed by atoms with E-state index >= 15 is 0 Å². The van der Waals surface area contributed by atoms with Gasteiger partial charge in [-0.1, -0.05) is 88.3 Å². The van der Waals surface area contributed by atoms with Crippen molar-refractivity contribution >= 4 is 10.8 Å². The fourth-order valence-corrected chi connectivity index (χ4v) is 3.85. The van der Waals surface area contributed by atoms with Crippen LogP contribution in [0.1, 0.15) is 87.8 Å². The SMILES string of the molecule is CCCCCCCCC(CC)c1c(C)ccc2cc(C)ccc12. The van der Waals surface area contributed by atoms with E-state index in [2.05, 4.69) is 58.0 Å². The third-order valence-corrected chi connectivity index (χ3v) is 5.24. The molecule has 0 aromatic heterocycles. The summed E-state index contributed by atoms with van der Waals surface area (Å²) in [5.74, 6) is 0.715. The molecule has 2 aromatic carbocycles. The Hall–Kier alpha value is -1.30. The zero-order chi connectivity index (χ0) is 16.7. The minimum Gasteiger partial charge on any atom is -0.0654 e. The molecule has 0 bridgehead atoms. The number of aryl methyl sites for hydroxylation is 2. The standard InChI is InChI=1S/C23H34/c1-5-7-8-9-10-11-12-20(6-2)23-19(4)14-15-21-17-18(3)13-16-22(21)23/h13-17,20H,5-12H2,1-4H3. The number of hydrogen-bond acceptors (Lipinski definition) is 0. The normalized spacial score (nSPS) is 12.7. The fourth-order valence-electron chi connectivity index (χ4n) is 3.85. The second kappa shape index (κ2) is 9.11. The summed E-state index contributed by atoms with van der Waals surface area (Å²) in [5.41, 5.74) is 4.44. The highest BCUT2D eigenvalue weighted by molar-refractivity contribution is 5.87. The van der Waals surface area contributed by atoms with E-state index in [9.17, 15) is 0 Å². The van der Waals surface area contributed by atoms with Crippen molar-refractivity contribution in [1.82, 2.24) is 0 Å². The zero-order valence-corrected chi connectivity index (χ0v) is 15.6. The van der Waals surface area contributed by atoms with Gasteiger partial charge in [-0.2, -0.15) is 0 Å². The zero-order valence-electron chi connectivity index (χ0n) is 15.6. The summed E-state index contributed by atoms with van der Waals surface area (Å²) >= 11 is 0. The molecule has 0 aliphatic carbocycles. The van der Waals surface area contributed by atoms with Crippen LogP contribution in [0, 0.1) is 13.8 Å². The molecule has 2 rings (SSSR count). The van der Waals surface area contributed by atoms with Gasteiger partial charge in [0.25, 0.3) is 0 Å². The van der Waals surface area contributed by atoms with Gasteiger partial charge in [0.05, 0.1) is 0 Å². The lowest BCUT2D eigenvalue weighted by molar-refractivity contribution is 0.530. The van der Waals surface area contributed by atoms with Gasteiger partial charge in [-0.05, 0) is 54.5 Å². The molecule has 23 heavy (non-hydrogen) atoms. The van der Waals surface area contributed by atoms with Crippen LogP contribution in [0.5, 0.6) is 0 Å². The quantitative estimate of drug-likeness (QED) is 0.416. The van der Waals surface area contributed by atoms with Gasteiger partial charge < -0.3 is 0 Å². The predicted molar refractivity (Wildman–Crippen MR) is 104 cm³/mol. The van der Waals surface area contributed by atoms with E-state index < -0.39 is 0 Å². The average Bonchev–Trinajstić information content (AvgIpc) is 2.55. The largest absolute Gasteiger partial charge is 0.0654 e. The first-order valence-corrected chi connectivity index (χ1v) is 9.67. The van der Waals surface area contributed by atoms with Gasteiger partial charge in [-0.15, -0.1) is 0 Å². The maximum atomic E-state index is 2.36. The Morgan fingerprint density at radius 1 is 0.826 bits per heavy atom. The van der Waals surface area contributed by atoms with Crippen molar-refractivity contribution in [2.24, 2.45) is 0 Å². The summed E-state index contributed by atoms with van der Waals surface area (Å²) in [5, 5.41) is 2.89. The molecule has 0 N–H and O–H groups in total. The second-order valence-electron chi connectivity index (χ2n) is 7.18. The average molecular weight is 311 g/mol.